The SMILES string of the molecule is C=C(\C=C/C(C)=C/C(C)=C/C(=C(\C)C(C)C)c1ccc2c(c1)-c1ccccc1C2(C)C)C(C)C.CS. The van der Waals surface area contributed by atoms with Crippen LogP contribution in [-0.2, 0) is 5.41 Å². The summed E-state index contributed by atoms with van der Waals surface area (Å²) in [6, 6.07) is 16.0. The smallest absolute Gasteiger partial charge is 0.0158 e. The molecule has 0 aromatic heterocycles. The predicted molar refractivity (Wildman–Crippen MR) is 167 cm³/mol. The topological polar surface area (TPSA) is 0 Å². The van der Waals surface area contributed by atoms with Gasteiger partial charge in [-0.1, -0.05) is 131 Å². The van der Waals surface area contributed by atoms with Crippen LogP contribution in [0.1, 0.15) is 79.0 Å². The number of hydrogen-bond donors (Lipinski definition) is 1. The first kappa shape index (κ1) is 29.7. The Labute approximate surface area is 227 Å². The lowest BCUT2D eigenvalue weighted by atomic mass is 9.82. The minimum Gasteiger partial charge on any atom is -0.183 e. The summed E-state index contributed by atoms with van der Waals surface area (Å²) in [5.74, 6) is 0.953. The fourth-order valence-electron chi connectivity index (χ4n) is 4.73. The molecule has 0 saturated heterocycles. The van der Waals surface area contributed by atoms with Gasteiger partial charge in [0, 0.05) is 5.41 Å². The maximum absolute atomic E-state index is 4.15. The molecule has 1 aliphatic rings. The molecule has 3 rings (SSSR count). The molecule has 1 aliphatic carbocycles. The van der Waals surface area contributed by atoms with Crippen molar-refractivity contribution in [1.29, 1.82) is 0 Å². The maximum atomic E-state index is 4.15. The molecule has 0 bridgehead atoms. The zero-order valence-corrected chi connectivity index (χ0v) is 25.1. The van der Waals surface area contributed by atoms with Gasteiger partial charge in [0.1, 0.15) is 0 Å². The van der Waals surface area contributed by atoms with E-state index in [2.05, 4.69) is 148 Å². The monoisotopic (exact) mass is 498 g/mol. The fourth-order valence-corrected chi connectivity index (χ4v) is 4.73. The van der Waals surface area contributed by atoms with Gasteiger partial charge < -0.3 is 0 Å². The third-order valence-electron chi connectivity index (χ3n) is 7.31. The second-order valence-corrected chi connectivity index (χ2v) is 11.0. The Balaban J connectivity index is 0.00000222. The van der Waals surface area contributed by atoms with E-state index < -0.39 is 0 Å². The van der Waals surface area contributed by atoms with Gasteiger partial charge >= 0.3 is 0 Å². The highest BCUT2D eigenvalue weighted by molar-refractivity contribution is 7.79. The fraction of sp³-hybridized carbons (Fsp3) is 0.371. The van der Waals surface area contributed by atoms with Gasteiger partial charge in [-0.25, -0.2) is 0 Å². The summed E-state index contributed by atoms with van der Waals surface area (Å²) in [6.45, 7) is 24.4. The van der Waals surface area contributed by atoms with Crippen LogP contribution in [0.2, 0.25) is 0 Å². The van der Waals surface area contributed by atoms with E-state index in [0.717, 1.165) is 5.57 Å². The van der Waals surface area contributed by atoms with E-state index in [1.165, 1.54) is 50.1 Å². The van der Waals surface area contributed by atoms with E-state index in [-0.39, 0.29) is 5.41 Å². The molecule has 0 unspecified atom stereocenters. The Morgan fingerprint density at radius 3 is 2.00 bits per heavy atom. The van der Waals surface area contributed by atoms with Crippen LogP contribution in [-0.4, -0.2) is 6.26 Å². The zero-order chi connectivity index (χ0) is 27.2. The van der Waals surface area contributed by atoms with Crippen LogP contribution < -0.4 is 0 Å². The summed E-state index contributed by atoms with van der Waals surface area (Å²) in [4.78, 5) is 0. The Morgan fingerprint density at radius 1 is 0.778 bits per heavy atom. The van der Waals surface area contributed by atoms with Gasteiger partial charge in [0.25, 0.3) is 0 Å². The average Bonchev–Trinajstić information content (AvgIpc) is 3.08. The van der Waals surface area contributed by atoms with E-state index in [9.17, 15) is 0 Å². The van der Waals surface area contributed by atoms with Gasteiger partial charge in [-0.3, -0.25) is 0 Å². The number of thiol groups is 1. The number of benzene rings is 2. The molecular formula is C35H46S. The highest BCUT2D eigenvalue weighted by Gasteiger charge is 2.35. The zero-order valence-electron chi connectivity index (χ0n) is 24.2. The quantitative estimate of drug-likeness (QED) is 0.285. The van der Waals surface area contributed by atoms with Crippen LogP contribution in [0.25, 0.3) is 16.7 Å². The van der Waals surface area contributed by atoms with Crippen molar-refractivity contribution in [3.8, 4) is 11.1 Å². The van der Waals surface area contributed by atoms with Gasteiger partial charge in [-0.15, -0.1) is 0 Å². The van der Waals surface area contributed by atoms with Gasteiger partial charge in [-0.2, -0.15) is 12.6 Å². The largest absolute Gasteiger partial charge is 0.183 e. The maximum Gasteiger partial charge on any atom is 0.0158 e. The molecule has 0 fully saturated rings. The third kappa shape index (κ3) is 6.62. The van der Waals surface area contributed by atoms with Crippen LogP contribution >= 0.6 is 12.6 Å². The standard InChI is InChI=1S/C34H42.CH4S/c1-22(2)26(7)16-15-24(5)19-25(6)20-30(27(8)23(3)4)28-17-18-33-31(21-28)29-13-11-12-14-32(29)34(33,9)10;1-2/h11-23H,7H2,1-6,8-10H3;2H,1H3/b16-15-,24-19+,25-20+,30-27-;. The number of fused-ring (bicyclic) bond motifs is 3. The van der Waals surface area contributed by atoms with Crippen molar-refractivity contribution in [1.82, 2.24) is 0 Å². The highest BCUT2D eigenvalue weighted by Crippen LogP contribution is 2.49. The Bertz CT molecular complexity index is 1210. The summed E-state index contributed by atoms with van der Waals surface area (Å²) in [5.41, 5.74) is 13.3. The third-order valence-corrected chi connectivity index (χ3v) is 7.31. The van der Waals surface area contributed by atoms with Crippen LogP contribution in [0.5, 0.6) is 0 Å². The van der Waals surface area contributed by atoms with Crippen molar-refractivity contribution in [3.05, 3.63) is 112 Å². The van der Waals surface area contributed by atoms with Crippen molar-refractivity contribution < 1.29 is 0 Å². The summed E-state index contributed by atoms with van der Waals surface area (Å²) in [6.07, 6.45) is 10.6. The van der Waals surface area contributed by atoms with Gasteiger partial charge in [0.2, 0.25) is 0 Å². The molecule has 1 heteroatoms. The molecule has 0 aliphatic heterocycles. The first-order chi connectivity index (χ1) is 16.9. The van der Waals surface area contributed by atoms with Crippen molar-refractivity contribution in [2.24, 2.45) is 11.8 Å². The lowest BCUT2D eigenvalue weighted by Gasteiger charge is -2.21. The molecule has 2 aromatic rings. The second-order valence-electron chi connectivity index (χ2n) is 11.0. The molecule has 0 amide bonds. The Kier molecular flexibility index (Phi) is 10.4. The Morgan fingerprint density at radius 2 is 1.39 bits per heavy atom. The Hall–Kier alpha value is -2.51. The molecule has 192 valence electrons. The van der Waals surface area contributed by atoms with E-state index in [4.69, 9.17) is 0 Å². The van der Waals surface area contributed by atoms with E-state index in [1.54, 1.807) is 6.26 Å². The molecule has 0 heterocycles. The normalized spacial score (nSPS) is 15.5. The van der Waals surface area contributed by atoms with Gasteiger partial charge in [0.05, 0.1) is 0 Å². The minimum absolute atomic E-state index is 0.0410. The minimum atomic E-state index is 0.0410. The first-order valence-electron chi connectivity index (χ1n) is 13.1. The molecule has 0 nitrogen and oxygen atoms in total. The van der Waals surface area contributed by atoms with Crippen LogP contribution in [0.15, 0.2) is 95.6 Å². The number of allylic oxidation sites excluding steroid dienone is 9. The summed E-state index contributed by atoms with van der Waals surface area (Å²) in [5, 5.41) is 0. The number of hydrogen-bond acceptors (Lipinski definition) is 1. The predicted octanol–water partition coefficient (Wildman–Crippen LogP) is 10.6. The molecule has 0 N–H and O–H groups in total. The lowest BCUT2D eigenvalue weighted by molar-refractivity contribution is 0.660. The van der Waals surface area contributed by atoms with Crippen molar-refractivity contribution >= 4 is 18.2 Å². The van der Waals surface area contributed by atoms with Crippen LogP contribution in [0, 0.1) is 11.8 Å². The highest BCUT2D eigenvalue weighted by atomic mass is 32.1. The van der Waals surface area contributed by atoms with Gasteiger partial charge in [-0.05, 0) is 78.3 Å². The first-order valence-corrected chi connectivity index (χ1v) is 14.0. The van der Waals surface area contributed by atoms with Crippen molar-refractivity contribution in [3.63, 3.8) is 0 Å². The molecule has 2 aromatic carbocycles. The van der Waals surface area contributed by atoms with E-state index in [0.29, 0.717) is 11.8 Å². The van der Waals surface area contributed by atoms with Crippen molar-refractivity contribution in [2.75, 3.05) is 6.26 Å². The van der Waals surface area contributed by atoms with Crippen LogP contribution in [0.3, 0.4) is 0 Å². The average molecular weight is 499 g/mol. The number of rotatable bonds is 7. The van der Waals surface area contributed by atoms with E-state index >= 15 is 0 Å². The molecular weight excluding hydrogens is 452 g/mol. The lowest BCUT2D eigenvalue weighted by Crippen LogP contribution is -2.14. The molecule has 0 radical (unpaired) electrons. The van der Waals surface area contributed by atoms with E-state index in [1.807, 2.05) is 0 Å². The second kappa shape index (κ2) is 12.6. The summed E-state index contributed by atoms with van der Waals surface area (Å²) < 4.78 is 0. The van der Waals surface area contributed by atoms with Gasteiger partial charge in [0.15, 0.2) is 0 Å². The molecule has 0 saturated carbocycles. The molecule has 0 spiro atoms. The van der Waals surface area contributed by atoms with Crippen LogP contribution in [0.4, 0.5) is 0 Å². The summed E-state index contributed by atoms with van der Waals surface area (Å²) in [7, 11) is 0. The summed E-state index contributed by atoms with van der Waals surface area (Å²) >= 11 is 3.53. The molecule has 36 heavy (non-hydrogen) atoms. The van der Waals surface area contributed by atoms with Crippen molar-refractivity contribution in [2.45, 2.75) is 67.7 Å². The molecule has 0 atom stereocenters.